The molecule has 4 aromatic heterocycles. The molecule has 0 bridgehead atoms. The molecular formula is C73H69BrN12O5S5. The van der Waals surface area contributed by atoms with Crippen molar-refractivity contribution in [3.05, 3.63) is 293 Å². The van der Waals surface area contributed by atoms with Gasteiger partial charge in [0.25, 0.3) is 5.91 Å². The average molecular weight is 1430 g/mol. The number of thiazole rings is 2. The van der Waals surface area contributed by atoms with E-state index < -0.39 is 5.97 Å². The Morgan fingerprint density at radius 2 is 0.875 bits per heavy atom. The number of thioether (sulfide) groups is 2. The third-order valence-electron chi connectivity index (χ3n) is 12.5. The highest BCUT2D eigenvalue weighted by atomic mass is 79.9. The van der Waals surface area contributed by atoms with Crippen LogP contribution >= 0.6 is 74.3 Å². The maximum absolute atomic E-state index is 12.6. The van der Waals surface area contributed by atoms with Crippen molar-refractivity contribution in [1.82, 2.24) is 19.9 Å². The first kappa shape index (κ1) is 74.5. The fourth-order valence-electron chi connectivity index (χ4n) is 8.04. The number of carbonyl (C=O) groups excluding carboxylic acids is 3. The first-order valence-electron chi connectivity index (χ1n) is 29.0. The van der Waals surface area contributed by atoms with Crippen molar-refractivity contribution in [3.8, 4) is 22.5 Å². The van der Waals surface area contributed by atoms with Gasteiger partial charge in [-0.1, -0.05) is 137 Å². The van der Waals surface area contributed by atoms with Gasteiger partial charge in [0.15, 0.2) is 26.9 Å². The molecule has 0 fully saturated rings. The smallest absolute Gasteiger partial charge is 0.338 e. The molecule has 0 spiro atoms. The molecule has 0 aliphatic rings. The van der Waals surface area contributed by atoms with Crippen molar-refractivity contribution in [3.63, 3.8) is 0 Å². The van der Waals surface area contributed by atoms with Gasteiger partial charge in [-0.25, -0.2) is 24.7 Å². The van der Waals surface area contributed by atoms with E-state index in [4.69, 9.17) is 16.6 Å². The number of amides is 1. The Hall–Kier alpha value is -10.5. The zero-order valence-corrected chi connectivity index (χ0v) is 58.2. The molecule has 488 valence electrons. The Kier molecular flexibility index (Phi) is 31.5. The number of hydrogen-bond donors (Lipinski definition) is 9. The van der Waals surface area contributed by atoms with Crippen molar-refractivity contribution in [2.75, 3.05) is 45.2 Å². The van der Waals surface area contributed by atoms with Gasteiger partial charge in [-0.15, -0.1) is 46.2 Å². The lowest BCUT2D eigenvalue weighted by atomic mass is 10.1. The summed E-state index contributed by atoms with van der Waals surface area (Å²) >= 11 is 13.0. The summed E-state index contributed by atoms with van der Waals surface area (Å²) in [4.78, 5) is 62.1. The van der Waals surface area contributed by atoms with E-state index in [1.807, 2.05) is 223 Å². The molecule has 0 unspecified atom stereocenters. The summed E-state index contributed by atoms with van der Waals surface area (Å²) in [7, 11) is 0. The average Bonchev–Trinajstić information content (AvgIpc) is 1.75. The maximum atomic E-state index is 12.6. The highest BCUT2D eigenvalue weighted by Gasteiger charge is 2.15. The Labute approximate surface area is 588 Å². The summed E-state index contributed by atoms with van der Waals surface area (Å²) in [5, 5.41) is 27.8. The SMILES string of the molecule is CC(=O)c1cccc(Br)c1.CC(=O)c1cccc(Nc2ccccc2)c1.CSc1ncccc1C(=O)Nc1nc(-c2cccc(Nc3ccccc3)c2)cs1.CSc1ncccc1C(=O)O.NC(N)=S.Nc1ccccc1.Nc1nc(-c2cccc(Nc3ccccc3)c2)cs1. The minimum Gasteiger partial charge on any atom is -0.478 e. The molecule has 0 saturated heterocycles. The van der Waals surface area contributed by atoms with Gasteiger partial charge >= 0.3 is 5.97 Å². The zero-order chi connectivity index (χ0) is 69.0. The molecule has 96 heavy (non-hydrogen) atoms. The summed E-state index contributed by atoms with van der Waals surface area (Å²) in [5.41, 5.74) is 33.2. The number of Topliss-reactive ketones (excluding diaryl/α,β-unsaturated/α-hetero) is 2. The number of carboxylic acid groups (broad SMARTS) is 1. The largest absolute Gasteiger partial charge is 0.478 e. The third kappa shape index (κ3) is 26.8. The van der Waals surface area contributed by atoms with Crippen molar-refractivity contribution in [2.45, 2.75) is 23.9 Å². The number of anilines is 9. The fourth-order valence-corrected chi connectivity index (χ4v) is 10.8. The maximum Gasteiger partial charge on any atom is 0.338 e. The van der Waals surface area contributed by atoms with Crippen LogP contribution in [0.2, 0.25) is 0 Å². The summed E-state index contributed by atoms with van der Waals surface area (Å²) in [6.45, 7) is 3.13. The van der Waals surface area contributed by atoms with Gasteiger partial charge in [0, 0.05) is 89.7 Å². The molecule has 4 heterocycles. The number of rotatable bonds is 15. The second-order valence-electron chi connectivity index (χ2n) is 19.6. The number of nitrogens with two attached hydrogens (primary N) is 4. The molecule has 0 aliphatic carbocycles. The van der Waals surface area contributed by atoms with Crippen LogP contribution in [0.25, 0.3) is 22.5 Å². The quantitative estimate of drug-likeness (QED) is 0.0199. The van der Waals surface area contributed by atoms with E-state index in [0.717, 1.165) is 77.9 Å². The molecule has 0 atom stereocenters. The zero-order valence-electron chi connectivity index (χ0n) is 52.5. The number of thiocarbonyl (C=S) groups is 1. The number of ketones is 2. The predicted octanol–water partition coefficient (Wildman–Crippen LogP) is 18.3. The molecule has 0 aliphatic heterocycles. The topological polar surface area (TPSA) is 292 Å². The minimum absolute atomic E-state index is 0.000000000000000222. The third-order valence-corrected chi connectivity index (χ3v) is 15.8. The summed E-state index contributed by atoms with van der Waals surface area (Å²) in [5.74, 6) is -0.955. The van der Waals surface area contributed by atoms with Gasteiger partial charge in [-0.05, 0) is 160 Å². The van der Waals surface area contributed by atoms with E-state index in [1.165, 1.54) is 46.2 Å². The number of benzene rings is 8. The van der Waals surface area contributed by atoms with Crippen molar-refractivity contribution < 1.29 is 24.3 Å². The van der Waals surface area contributed by atoms with E-state index >= 15 is 0 Å². The Morgan fingerprint density at radius 1 is 0.479 bits per heavy atom. The number of nitrogens with zero attached hydrogens (tertiary/aromatic N) is 4. The minimum atomic E-state index is -0.928. The number of halogens is 1. The number of nitrogen functional groups attached to an aromatic ring is 2. The number of pyridine rings is 2. The molecule has 23 heteroatoms. The van der Waals surface area contributed by atoms with Crippen LogP contribution in [-0.4, -0.2) is 66.1 Å². The number of aromatic carboxylic acids is 1. The lowest BCUT2D eigenvalue weighted by Crippen LogP contribution is -2.18. The number of aromatic nitrogens is 4. The number of para-hydroxylation sites is 4. The summed E-state index contributed by atoms with van der Waals surface area (Å²) in [6, 6.07) is 77.2. The van der Waals surface area contributed by atoms with E-state index in [-0.39, 0.29) is 28.1 Å². The van der Waals surface area contributed by atoms with Crippen LogP contribution in [0.4, 0.5) is 50.1 Å². The number of hydrogen-bond acceptors (Lipinski definition) is 18. The Morgan fingerprint density at radius 3 is 1.27 bits per heavy atom. The monoisotopic (exact) mass is 1430 g/mol. The van der Waals surface area contributed by atoms with E-state index in [0.29, 0.717) is 25.9 Å². The molecule has 0 saturated carbocycles. The van der Waals surface area contributed by atoms with Gasteiger partial charge in [0.1, 0.15) is 10.1 Å². The van der Waals surface area contributed by atoms with Crippen LogP contribution in [-0.2, 0) is 0 Å². The van der Waals surface area contributed by atoms with Gasteiger partial charge in [0.05, 0.1) is 22.5 Å². The van der Waals surface area contributed by atoms with Crippen LogP contribution in [0.1, 0.15) is 55.3 Å². The number of nitrogens with one attached hydrogen (secondary N) is 4. The van der Waals surface area contributed by atoms with Gasteiger partial charge < -0.3 is 44.0 Å². The van der Waals surface area contributed by atoms with E-state index in [2.05, 4.69) is 86.9 Å². The molecule has 12 rings (SSSR count). The normalized spacial score (nSPS) is 9.80. The van der Waals surface area contributed by atoms with Gasteiger partial charge in [-0.2, -0.15) is 0 Å². The molecule has 1 amide bonds. The lowest BCUT2D eigenvalue weighted by Gasteiger charge is -2.07. The molecule has 17 nitrogen and oxygen atoms in total. The molecule has 13 N–H and O–H groups in total. The van der Waals surface area contributed by atoms with Gasteiger partial charge in [0.2, 0.25) is 0 Å². The van der Waals surface area contributed by atoms with E-state index in [9.17, 15) is 19.2 Å². The second kappa shape index (κ2) is 40.6. The number of carboxylic acids is 1. The Balaban J connectivity index is 0.000000190. The second-order valence-corrected chi connectivity index (χ2v) is 24.4. The van der Waals surface area contributed by atoms with Crippen LogP contribution in [0.5, 0.6) is 0 Å². The molecule has 8 aromatic carbocycles. The predicted molar refractivity (Wildman–Crippen MR) is 408 cm³/mol. The molecular weight excluding hydrogens is 1370 g/mol. The van der Waals surface area contributed by atoms with Crippen molar-refractivity contribution in [1.29, 1.82) is 0 Å². The van der Waals surface area contributed by atoms with Crippen LogP contribution < -0.4 is 44.2 Å². The number of carbonyl (C=O) groups is 4. The summed E-state index contributed by atoms with van der Waals surface area (Å²) in [6.07, 6.45) is 6.96. The highest BCUT2D eigenvalue weighted by molar-refractivity contribution is 9.10. The van der Waals surface area contributed by atoms with Gasteiger partial charge in [-0.3, -0.25) is 19.7 Å². The highest BCUT2D eigenvalue weighted by Crippen LogP contribution is 2.30. The van der Waals surface area contributed by atoms with Crippen molar-refractivity contribution >= 4 is 153 Å². The first-order valence-corrected chi connectivity index (χ1v) is 34.4. The van der Waals surface area contributed by atoms with E-state index in [1.54, 1.807) is 62.8 Å². The van der Waals surface area contributed by atoms with Crippen molar-refractivity contribution in [2.24, 2.45) is 11.5 Å². The lowest BCUT2D eigenvalue weighted by molar-refractivity contribution is 0.0691. The molecule has 0 radical (unpaired) electrons. The fraction of sp³-hybridized carbons (Fsp3) is 0.0548. The van der Waals surface area contributed by atoms with Crippen LogP contribution in [0.3, 0.4) is 0 Å². The van der Waals surface area contributed by atoms with Crippen LogP contribution in [0.15, 0.2) is 280 Å². The summed E-state index contributed by atoms with van der Waals surface area (Å²) < 4.78 is 0.945. The van der Waals surface area contributed by atoms with Crippen LogP contribution in [0, 0.1) is 0 Å². The molecule has 12 aromatic rings. The first-order chi connectivity index (χ1) is 46.4. The Bertz CT molecular complexity index is 4400. The standard InChI is InChI=1S/C22H18N4OS2.C15H13N3S.C14H13NO.C8H7BrO.C7H7NO2S.C6H7N.CH4N2S/c1-28-21-18(11-6-12-23-21)20(27)26-22-25-19(14-29-22)15-7-5-10-17(13-15)24-16-8-3-2-4-9-16;16-15-18-14(10-19-15)11-5-4-8-13(9-11)17-12-6-2-1-3-7-12;1-11(16)12-6-5-9-14(10-12)15-13-7-3-2-4-8-13;1-6(10)7-3-2-4-8(9)5-7;1-11-6-5(7(9)10)3-2-4-8-6;7-6-4-2-1-3-5-6;2-1(3)4/h2-14,24H,1H3,(H,25,26,27);1-10,17H,(H2,16,18);2-10,15H,1H3;2-5H,1H3;2-4H,1H3,(H,9,10);1-5H,7H2;(H4,2,3,4).